The smallest absolute Gasteiger partial charge is 0.407 e. The Labute approximate surface area is 266 Å². The van der Waals surface area contributed by atoms with Gasteiger partial charge < -0.3 is 25.0 Å². The minimum Gasteiger partial charge on any atom is -0.443 e. The van der Waals surface area contributed by atoms with E-state index in [4.69, 9.17) is 9.47 Å². The average molecular weight is 610 g/mol. The number of amides is 1. The van der Waals surface area contributed by atoms with E-state index in [-0.39, 0.29) is 29.0 Å². The first kappa shape index (κ1) is 33.5. The molecule has 9 atom stereocenters. The van der Waals surface area contributed by atoms with Crippen molar-refractivity contribution in [2.45, 2.75) is 149 Å². The normalized spacial score (nSPS) is 41.4. The second-order valence-corrected chi connectivity index (χ2v) is 16.7. The summed E-state index contributed by atoms with van der Waals surface area (Å²) >= 11 is 0. The molecule has 1 saturated heterocycles. The molecule has 246 valence electrons. The van der Waals surface area contributed by atoms with Gasteiger partial charge in [-0.05, 0) is 132 Å². The van der Waals surface area contributed by atoms with Crippen LogP contribution in [-0.2, 0) is 16.0 Å². The van der Waals surface area contributed by atoms with Crippen LogP contribution < -0.4 is 5.32 Å². The van der Waals surface area contributed by atoms with Gasteiger partial charge in [-0.3, -0.25) is 0 Å². The number of benzene rings is 1. The second-order valence-electron chi connectivity index (χ2n) is 16.7. The summed E-state index contributed by atoms with van der Waals surface area (Å²) in [6.07, 6.45) is 9.43. The molecule has 6 heteroatoms. The summed E-state index contributed by atoms with van der Waals surface area (Å²) in [5.41, 5.74) is 0.255. The zero-order chi connectivity index (χ0) is 32.1. The number of rotatable bonds is 6. The molecule has 1 aliphatic heterocycles. The summed E-state index contributed by atoms with van der Waals surface area (Å²) in [6.45, 7) is 18.0. The number of nitrogens with one attached hydrogen (secondary N) is 1. The SMILES string of the molecule is CC1=CC[C@H]2[C@H](CC[C@]2(C)O)C(C)(C)[C@@H]1CC[C@H]1[C@]2(C)CC[C@H](OC(=O)NCc3ccccc3)C(C)(C)O[C@H]2CC[C@@]1(C)O. The van der Waals surface area contributed by atoms with Gasteiger partial charge >= 0.3 is 6.09 Å². The van der Waals surface area contributed by atoms with Crippen molar-refractivity contribution < 1.29 is 24.5 Å². The predicted molar refractivity (Wildman–Crippen MR) is 175 cm³/mol. The molecular weight excluding hydrogens is 550 g/mol. The summed E-state index contributed by atoms with van der Waals surface area (Å²) < 4.78 is 13.0. The standard InChI is InChI=1S/C38H59NO5/c1-25-14-15-29-28(18-22-37(29,7)41)34(2,3)27(25)16-17-30-36(6)21-19-31(35(4,5)44-32(36)20-23-38(30,8)42)43-33(40)39-24-26-12-10-9-11-13-26/h9-14,27-32,41-42H,15-24H2,1-8H3,(H,39,40)/t27-,28+,29+,30+,31+,32+,36+,37+,38-/m1/s1. The van der Waals surface area contributed by atoms with Crippen molar-refractivity contribution in [3.63, 3.8) is 0 Å². The van der Waals surface area contributed by atoms with Gasteiger partial charge in [-0.1, -0.05) is 62.8 Å². The molecule has 3 N–H and O–H groups in total. The fraction of sp³-hybridized carbons (Fsp3) is 0.763. The molecule has 6 nitrogen and oxygen atoms in total. The van der Waals surface area contributed by atoms with Crippen molar-refractivity contribution in [3.8, 4) is 0 Å². The maximum Gasteiger partial charge on any atom is 0.407 e. The maximum absolute atomic E-state index is 12.9. The topological polar surface area (TPSA) is 88.0 Å². The monoisotopic (exact) mass is 609 g/mol. The number of ether oxygens (including phenoxy) is 2. The number of allylic oxidation sites excluding steroid dienone is 2. The van der Waals surface area contributed by atoms with E-state index in [9.17, 15) is 15.0 Å². The minimum absolute atomic E-state index is 0.0169. The van der Waals surface area contributed by atoms with E-state index >= 15 is 0 Å². The Morgan fingerprint density at radius 2 is 1.59 bits per heavy atom. The van der Waals surface area contributed by atoms with Crippen LogP contribution in [0.15, 0.2) is 42.0 Å². The number of hydrogen-bond acceptors (Lipinski definition) is 5. The summed E-state index contributed by atoms with van der Waals surface area (Å²) in [7, 11) is 0. The predicted octanol–water partition coefficient (Wildman–Crippen LogP) is 7.96. The molecule has 0 unspecified atom stereocenters. The highest BCUT2D eigenvalue weighted by atomic mass is 16.6. The van der Waals surface area contributed by atoms with Crippen molar-refractivity contribution in [2.24, 2.45) is 34.5 Å². The van der Waals surface area contributed by atoms with Crippen molar-refractivity contribution in [2.75, 3.05) is 0 Å². The highest BCUT2D eigenvalue weighted by Gasteiger charge is 2.58. The van der Waals surface area contributed by atoms with Gasteiger partial charge in [0.25, 0.3) is 0 Å². The summed E-state index contributed by atoms with van der Waals surface area (Å²) in [6, 6.07) is 9.86. The van der Waals surface area contributed by atoms with Gasteiger partial charge in [-0.2, -0.15) is 0 Å². The molecule has 4 aliphatic rings. The Morgan fingerprint density at radius 1 is 0.909 bits per heavy atom. The van der Waals surface area contributed by atoms with Crippen molar-refractivity contribution >= 4 is 6.09 Å². The van der Waals surface area contributed by atoms with E-state index in [2.05, 4.69) is 39.1 Å². The highest BCUT2D eigenvalue weighted by Crippen LogP contribution is 2.59. The number of alkyl carbamates (subject to hydrolysis) is 1. The lowest BCUT2D eigenvalue weighted by atomic mass is 9.55. The molecule has 0 radical (unpaired) electrons. The average Bonchev–Trinajstić information content (AvgIpc) is 3.16. The third-order valence-electron chi connectivity index (χ3n) is 13.0. The van der Waals surface area contributed by atoms with Crippen molar-refractivity contribution in [3.05, 3.63) is 47.5 Å². The lowest BCUT2D eigenvalue weighted by molar-refractivity contribution is -0.206. The van der Waals surface area contributed by atoms with E-state index in [1.165, 1.54) is 5.57 Å². The minimum atomic E-state index is -0.793. The Morgan fingerprint density at radius 3 is 2.30 bits per heavy atom. The van der Waals surface area contributed by atoms with Crippen LogP contribution in [0, 0.1) is 34.5 Å². The number of carbonyl (C=O) groups excluding carboxylic acids is 1. The summed E-state index contributed by atoms with van der Waals surface area (Å²) in [5.74, 6) is 1.25. The summed E-state index contributed by atoms with van der Waals surface area (Å²) in [5, 5.41) is 26.1. The molecule has 0 bridgehead atoms. The van der Waals surface area contributed by atoms with Crippen LogP contribution in [0.1, 0.15) is 119 Å². The Kier molecular flexibility index (Phi) is 9.16. The van der Waals surface area contributed by atoms with Gasteiger partial charge in [0.05, 0.1) is 22.9 Å². The third kappa shape index (κ3) is 6.37. The van der Waals surface area contributed by atoms with Gasteiger partial charge in [0, 0.05) is 6.54 Å². The van der Waals surface area contributed by atoms with Crippen LogP contribution in [-0.4, -0.2) is 45.3 Å². The van der Waals surface area contributed by atoms with Crippen LogP contribution in [0.25, 0.3) is 0 Å². The van der Waals surface area contributed by atoms with E-state index in [0.717, 1.165) is 50.5 Å². The first-order valence-electron chi connectivity index (χ1n) is 17.2. The van der Waals surface area contributed by atoms with E-state index in [0.29, 0.717) is 37.1 Å². The van der Waals surface area contributed by atoms with Crippen molar-refractivity contribution in [1.82, 2.24) is 5.32 Å². The lowest BCUT2D eigenvalue weighted by Crippen LogP contribution is -2.56. The van der Waals surface area contributed by atoms with Crippen LogP contribution in [0.3, 0.4) is 0 Å². The van der Waals surface area contributed by atoms with Gasteiger partial charge in [0.1, 0.15) is 6.10 Å². The van der Waals surface area contributed by atoms with E-state index < -0.39 is 22.9 Å². The number of aliphatic hydroxyl groups is 2. The third-order valence-corrected chi connectivity index (χ3v) is 13.0. The number of fused-ring (bicyclic) bond motifs is 2. The molecule has 3 aliphatic carbocycles. The zero-order valence-corrected chi connectivity index (χ0v) is 28.6. The van der Waals surface area contributed by atoms with E-state index in [1.807, 2.05) is 58.0 Å². The molecular formula is C38H59NO5. The van der Waals surface area contributed by atoms with Gasteiger partial charge in [-0.25, -0.2) is 4.79 Å². The maximum atomic E-state index is 12.9. The molecule has 1 heterocycles. The molecule has 1 aromatic carbocycles. The molecule has 5 rings (SSSR count). The van der Waals surface area contributed by atoms with Crippen LogP contribution in [0.5, 0.6) is 0 Å². The first-order chi connectivity index (χ1) is 20.5. The van der Waals surface area contributed by atoms with Crippen LogP contribution >= 0.6 is 0 Å². The fourth-order valence-electron chi connectivity index (χ4n) is 10.2. The Bertz CT molecular complexity index is 1200. The van der Waals surface area contributed by atoms with Crippen molar-refractivity contribution in [1.29, 1.82) is 0 Å². The molecule has 0 spiro atoms. The van der Waals surface area contributed by atoms with Gasteiger partial charge in [0.15, 0.2) is 0 Å². The molecule has 1 amide bonds. The second kappa shape index (κ2) is 12.0. The number of hydrogen-bond donors (Lipinski definition) is 3. The van der Waals surface area contributed by atoms with Gasteiger partial charge in [0.2, 0.25) is 0 Å². The zero-order valence-electron chi connectivity index (χ0n) is 28.6. The molecule has 0 aromatic heterocycles. The Balaban J connectivity index is 1.31. The van der Waals surface area contributed by atoms with Crippen LogP contribution in [0.4, 0.5) is 4.79 Å². The Hall–Kier alpha value is -1.89. The molecule has 1 aromatic rings. The fourth-order valence-corrected chi connectivity index (χ4v) is 10.2. The molecule has 2 saturated carbocycles. The highest BCUT2D eigenvalue weighted by molar-refractivity contribution is 5.67. The summed E-state index contributed by atoms with van der Waals surface area (Å²) in [4.78, 5) is 12.9. The molecule has 44 heavy (non-hydrogen) atoms. The number of carbonyl (C=O) groups is 1. The first-order valence-corrected chi connectivity index (χ1v) is 17.2. The van der Waals surface area contributed by atoms with Crippen LogP contribution in [0.2, 0.25) is 0 Å². The van der Waals surface area contributed by atoms with E-state index in [1.54, 1.807) is 0 Å². The van der Waals surface area contributed by atoms with Gasteiger partial charge in [-0.15, -0.1) is 0 Å². The quantitative estimate of drug-likeness (QED) is 0.285. The molecule has 3 fully saturated rings. The lowest BCUT2D eigenvalue weighted by Gasteiger charge is -2.54. The largest absolute Gasteiger partial charge is 0.443 e.